The molecular weight excluding hydrogens is 386 g/mol. The average molecular weight is 406 g/mol. The number of aromatic nitrogens is 1. The number of aromatic amines is 1. The van der Waals surface area contributed by atoms with Crippen molar-refractivity contribution >= 4 is 29.4 Å². The molecule has 2 atom stereocenters. The second-order valence-electron chi connectivity index (χ2n) is 6.00. The third kappa shape index (κ3) is 6.13. The zero-order chi connectivity index (χ0) is 20.7. The Labute approximate surface area is 165 Å². The van der Waals surface area contributed by atoms with Gasteiger partial charge >= 0.3 is 6.03 Å². The summed E-state index contributed by atoms with van der Waals surface area (Å²) < 4.78 is 0. The number of halogens is 1. The number of hydrogen-bond acceptors (Lipinski definition) is 4. The lowest BCUT2D eigenvalue weighted by atomic mass is 10.1. The Morgan fingerprint density at radius 1 is 1.18 bits per heavy atom. The molecule has 6 N–H and O–H groups in total. The minimum Gasteiger partial charge on any atom is -0.352 e. The van der Waals surface area contributed by atoms with Crippen molar-refractivity contribution in [1.29, 1.82) is 0 Å². The molecule has 28 heavy (non-hydrogen) atoms. The fourth-order valence-electron chi connectivity index (χ4n) is 2.43. The van der Waals surface area contributed by atoms with Crippen molar-refractivity contribution in [2.45, 2.75) is 19.0 Å². The Kier molecular flexibility index (Phi) is 7.16. The van der Waals surface area contributed by atoms with E-state index in [0.29, 0.717) is 10.6 Å². The molecule has 0 aliphatic carbocycles. The molecule has 1 aromatic carbocycles. The smallest absolute Gasteiger partial charge is 0.312 e. The van der Waals surface area contributed by atoms with Gasteiger partial charge in [-0.3, -0.25) is 14.4 Å². The lowest BCUT2D eigenvalue weighted by Gasteiger charge is -2.22. The lowest BCUT2D eigenvalue weighted by Crippen LogP contribution is -2.49. The van der Waals surface area contributed by atoms with Crippen LogP contribution in [-0.2, 0) is 4.79 Å². The van der Waals surface area contributed by atoms with Crippen LogP contribution in [0.3, 0.4) is 0 Å². The van der Waals surface area contributed by atoms with Gasteiger partial charge in [0.25, 0.3) is 5.91 Å². The summed E-state index contributed by atoms with van der Waals surface area (Å²) in [5.74, 6) is -0.968. The van der Waals surface area contributed by atoms with Crippen LogP contribution >= 0.6 is 11.6 Å². The molecule has 0 radical (unpaired) electrons. The van der Waals surface area contributed by atoms with Gasteiger partial charge in [-0.25, -0.2) is 4.79 Å². The van der Waals surface area contributed by atoms with Gasteiger partial charge in [0.1, 0.15) is 6.04 Å². The maximum atomic E-state index is 12.3. The highest BCUT2D eigenvalue weighted by Crippen LogP contribution is 2.18. The molecule has 1 aromatic heterocycles. The fourth-order valence-corrected chi connectivity index (χ4v) is 2.63. The number of amides is 4. The Morgan fingerprint density at radius 3 is 2.57 bits per heavy atom. The monoisotopic (exact) mass is 405 g/mol. The molecule has 2 rings (SSSR count). The number of nitrogens with two attached hydrogens (primary N) is 1. The first kappa shape index (κ1) is 21.0. The number of urea groups is 1. The van der Waals surface area contributed by atoms with Gasteiger partial charge in [-0.2, -0.15) is 0 Å². The van der Waals surface area contributed by atoms with E-state index in [4.69, 9.17) is 17.3 Å². The molecule has 0 fully saturated rings. The van der Waals surface area contributed by atoms with Crippen LogP contribution < -0.4 is 27.2 Å². The first-order valence-corrected chi connectivity index (χ1v) is 8.73. The average Bonchev–Trinajstić information content (AvgIpc) is 2.64. The Hall–Kier alpha value is -3.33. The molecular formula is C18H20ClN5O4. The third-order valence-corrected chi connectivity index (χ3v) is 4.06. The summed E-state index contributed by atoms with van der Waals surface area (Å²) in [5, 5.41) is 8.14. The minimum absolute atomic E-state index is 0.0288. The SMILES string of the molecule is CC(NC(N)=O)C(=O)NC(CNC(=O)c1cc[nH]c(=O)c1)c1cccc(Cl)c1. The third-order valence-electron chi connectivity index (χ3n) is 3.82. The number of hydrogen-bond donors (Lipinski definition) is 5. The molecule has 1 heterocycles. The van der Waals surface area contributed by atoms with Crippen LogP contribution in [0.1, 0.15) is 28.9 Å². The molecule has 0 saturated carbocycles. The second-order valence-corrected chi connectivity index (χ2v) is 6.43. The van der Waals surface area contributed by atoms with Crippen LogP contribution in [0.15, 0.2) is 47.4 Å². The van der Waals surface area contributed by atoms with Crippen molar-refractivity contribution in [3.8, 4) is 0 Å². The van der Waals surface area contributed by atoms with Crippen LogP contribution in [-0.4, -0.2) is 35.4 Å². The molecule has 148 valence electrons. The van der Waals surface area contributed by atoms with E-state index >= 15 is 0 Å². The van der Waals surface area contributed by atoms with Crippen molar-refractivity contribution < 1.29 is 14.4 Å². The summed E-state index contributed by atoms with van der Waals surface area (Å²) in [6.07, 6.45) is 1.37. The first-order valence-electron chi connectivity index (χ1n) is 8.35. The molecule has 2 unspecified atom stereocenters. The van der Waals surface area contributed by atoms with E-state index in [9.17, 15) is 19.2 Å². The maximum absolute atomic E-state index is 12.3. The zero-order valence-electron chi connectivity index (χ0n) is 15.0. The summed E-state index contributed by atoms with van der Waals surface area (Å²) in [6, 6.07) is 7.07. The lowest BCUT2D eigenvalue weighted by molar-refractivity contribution is -0.123. The standard InChI is InChI=1S/C18H20ClN5O4/c1-10(23-18(20)28)16(26)24-14(11-3-2-4-13(19)7-11)9-22-17(27)12-5-6-21-15(25)8-12/h2-8,10,14H,9H2,1H3,(H,21,25)(H,22,27)(H,24,26)(H3,20,23,28). The van der Waals surface area contributed by atoms with E-state index in [1.165, 1.54) is 25.3 Å². The van der Waals surface area contributed by atoms with Crippen molar-refractivity contribution in [2.75, 3.05) is 6.54 Å². The molecule has 0 spiro atoms. The van der Waals surface area contributed by atoms with E-state index < -0.39 is 35.5 Å². The van der Waals surface area contributed by atoms with Gasteiger partial charge in [0, 0.05) is 29.4 Å². The number of pyridine rings is 1. The summed E-state index contributed by atoms with van der Waals surface area (Å²) >= 11 is 6.02. The fraction of sp³-hybridized carbons (Fsp3) is 0.222. The van der Waals surface area contributed by atoms with Crippen LogP contribution in [0.5, 0.6) is 0 Å². The van der Waals surface area contributed by atoms with Crippen LogP contribution in [0.2, 0.25) is 5.02 Å². The highest BCUT2D eigenvalue weighted by Gasteiger charge is 2.21. The molecule has 0 aliphatic heterocycles. The predicted molar refractivity (Wildman–Crippen MR) is 104 cm³/mol. The van der Waals surface area contributed by atoms with Crippen LogP contribution in [0.25, 0.3) is 0 Å². The first-order chi connectivity index (χ1) is 13.3. The molecule has 2 aromatic rings. The predicted octanol–water partition coefficient (Wildman–Crippen LogP) is 0.672. The Balaban J connectivity index is 2.14. The quantitative estimate of drug-likeness (QED) is 0.460. The highest BCUT2D eigenvalue weighted by molar-refractivity contribution is 6.30. The molecule has 10 heteroatoms. The summed E-state index contributed by atoms with van der Waals surface area (Å²) in [5.41, 5.74) is 5.47. The van der Waals surface area contributed by atoms with E-state index in [-0.39, 0.29) is 12.1 Å². The number of H-pyrrole nitrogens is 1. The van der Waals surface area contributed by atoms with Crippen LogP contribution in [0.4, 0.5) is 4.79 Å². The Morgan fingerprint density at radius 2 is 1.93 bits per heavy atom. The van der Waals surface area contributed by atoms with Gasteiger partial charge in [-0.1, -0.05) is 23.7 Å². The molecule has 4 amide bonds. The minimum atomic E-state index is -0.873. The number of primary amides is 1. The van der Waals surface area contributed by atoms with E-state index in [0.717, 1.165) is 0 Å². The number of nitrogens with one attached hydrogen (secondary N) is 4. The summed E-state index contributed by atoms with van der Waals surface area (Å²) in [7, 11) is 0. The highest BCUT2D eigenvalue weighted by atomic mass is 35.5. The van der Waals surface area contributed by atoms with Gasteiger partial charge in [0.15, 0.2) is 0 Å². The van der Waals surface area contributed by atoms with Gasteiger partial charge < -0.3 is 26.7 Å². The van der Waals surface area contributed by atoms with Gasteiger partial charge in [0.05, 0.1) is 6.04 Å². The van der Waals surface area contributed by atoms with E-state index in [1.54, 1.807) is 24.3 Å². The summed E-state index contributed by atoms with van der Waals surface area (Å²) in [6.45, 7) is 1.50. The van der Waals surface area contributed by atoms with Crippen molar-refractivity contribution in [3.05, 3.63) is 69.1 Å². The van der Waals surface area contributed by atoms with Crippen molar-refractivity contribution in [1.82, 2.24) is 20.9 Å². The van der Waals surface area contributed by atoms with Crippen molar-refractivity contribution in [3.63, 3.8) is 0 Å². The topological polar surface area (TPSA) is 146 Å². The number of benzene rings is 1. The van der Waals surface area contributed by atoms with E-state index in [2.05, 4.69) is 20.9 Å². The molecule has 0 aliphatic rings. The largest absolute Gasteiger partial charge is 0.352 e. The number of carbonyl (C=O) groups is 3. The van der Waals surface area contributed by atoms with Gasteiger partial charge in [-0.15, -0.1) is 0 Å². The number of carbonyl (C=O) groups excluding carboxylic acids is 3. The molecule has 0 saturated heterocycles. The second kappa shape index (κ2) is 9.56. The van der Waals surface area contributed by atoms with Crippen LogP contribution in [0, 0.1) is 0 Å². The normalized spacial score (nSPS) is 12.5. The molecule has 9 nitrogen and oxygen atoms in total. The summed E-state index contributed by atoms with van der Waals surface area (Å²) in [4.78, 5) is 49.3. The zero-order valence-corrected chi connectivity index (χ0v) is 15.7. The van der Waals surface area contributed by atoms with E-state index in [1.807, 2.05) is 0 Å². The maximum Gasteiger partial charge on any atom is 0.312 e. The van der Waals surface area contributed by atoms with Gasteiger partial charge in [-0.05, 0) is 30.7 Å². The Bertz CT molecular complexity index is 930. The van der Waals surface area contributed by atoms with Gasteiger partial charge in [0.2, 0.25) is 11.5 Å². The number of rotatable bonds is 7. The molecule has 0 bridgehead atoms. The van der Waals surface area contributed by atoms with Crippen molar-refractivity contribution in [2.24, 2.45) is 5.73 Å².